The van der Waals surface area contributed by atoms with Gasteiger partial charge in [0, 0.05) is 31.5 Å². The zero-order chi connectivity index (χ0) is 26.4. The highest BCUT2D eigenvalue weighted by atomic mass is 16.7. The SMILES string of the molecule is CCCCN(OCN)C(=O)CN1C[C@H](c2ccc3c(c2)CCO3)[C@@H](C(=O)O)[C@@H]1Cc1ccccc1OC. The summed E-state index contributed by atoms with van der Waals surface area (Å²) in [6.45, 7) is 3.49. The van der Waals surface area contributed by atoms with Crippen LogP contribution in [-0.2, 0) is 27.3 Å². The van der Waals surface area contributed by atoms with Gasteiger partial charge in [0.2, 0.25) is 0 Å². The van der Waals surface area contributed by atoms with Crippen LogP contribution in [0.25, 0.3) is 0 Å². The highest BCUT2D eigenvalue weighted by molar-refractivity contribution is 5.78. The van der Waals surface area contributed by atoms with E-state index in [1.807, 2.05) is 48.2 Å². The summed E-state index contributed by atoms with van der Waals surface area (Å²) in [7, 11) is 1.61. The van der Waals surface area contributed by atoms with Crippen LogP contribution in [0.15, 0.2) is 42.5 Å². The van der Waals surface area contributed by atoms with Crippen molar-refractivity contribution in [2.45, 2.75) is 44.6 Å². The Hall–Kier alpha value is -3.14. The van der Waals surface area contributed by atoms with Gasteiger partial charge in [0.15, 0.2) is 0 Å². The Bertz CT molecular complexity index is 1090. The van der Waals surface area contributed by atoms with Crippen molar-refractivity contribution in [2.24, 2.45) is 11.7 Å². The van der Waals surface area contributed by atoms with Gasteiger partial charge in [-0.2, -0.15) is 0 Å². The number of benzene rings is 2. The van der Waals surface area contributed by atoms with Crippen LogP contribution in [0.2, 0.25) is 0 Å². The molecule has 37 heavy (non-hydrogen) atoms. The monoisotopic (exact) mass is 511 g/mol. The largest absolute Gasteiger partial charge is 0.496 e. The van der Waals surface area contributed by atoms with Crippen LogP contribution in [0.1, 0.15) is 42.4 Å². The molecule has 0 aromatic heterocycles. The van der Waals surface area contributed by atoms with Crippen molar-refractivity contribution in [3.05, 3.63) is 59.2 Å². The highest BCUT2D eigenvalue weighted by Crippen LogP contribution is 2.41. The number of carbonyl (C=O) groups excluding carboxylic acids is 1. The van der Waals surface area contributed by atoms with E-state index >= 15 is 0 Å². The van der Waals surface area contributed by atoms with Crippen LogP contribution >= 0.6 is 0 Å². The molecule has 3 N–H and O–H groups in total. The number of rotatable bonds is 12. The number of amides is 1. The van der Waals surface area contributed by atoms with Crippen molar-refractivity contribution >= 4 is 11.9 Å². The fourth-order valence-corrected chi connectivity index (χ4v) is 5.52. The van der Waals surface area contributed by atoms with Crippen molar-refractivity contribution in [3.63, 3.8) is 0 Å². The molecule has 1 fully saturated rings. The molecule has 2 aliphatic heterocycles. The molecular formula is C28H37N3O6. The number of likely N-dealkylation sites (tertiary alicyclic amines) is 1. The molecule has 0 aliphatic carbocycles. The van der Waals surface area contributed by atoms with Gasteiger partial charge in [0.1, 0.15) is 18.2 Å². The van der Waals surface area contributed by atoms with Crippen LogP contribution in [0.3, 0.4) is 0 Å². The molecule has 2 aliphatic rings. The van der Waals surface area contributed by atoms with Crippen molar-refractivity contribution in [1.82, 2.24) is 9.96 Å². The summed E-state index contributed by atoms with van der Waals surface area (Å²) in [6.07, 6.45) is 2.94. The number of methoxy groups -OCH3 is 1. The number of aliphatic carboxylic acids is 1. The molecular weight excluding hydrogens is 474 g/mol. The molecule has 0 radical (unpaired) electrons. The number of ether oxygens (including phenoxy) is 2. The van der Waals surface area contributed by atoms with Crippen molar-refractivity contribution < 1.29 is 29.0 Å². The molecule has 9 nitrogen and oxygen atoms in total. The lowest BCUT2D eigenvalue weighted by atomic mass is 9.82. The second-order valence-electron chi connectivity index (χ2n) is 9.59. The first kappa shape index (κ1) is 26.9. The Morgan fingerprint density at radius 2 is 2.05 bits per heavy atom. The normalized spacial score (nSPS) is 20.9. The summed E-state index contributed by atoms with van der Waals surface area (Å²) in [6, 6.07) is 13.2. The second-order valence-corrected chi connectivity index (χ2v) is 9.59. The molecule has 0 bridgehead atoms. The topological polar surface area (TPSA) is 115 Å². The van der Waals surface area contributed by atoms with E-state index in [0.29, 0.717) is 31.9 Å². The second kappa shape index (κ2) is 12.4. The van der Waals surface area contributed by atoms with E-state index in [0.717, 1.165) is 41.7 Å². The predicted octanol–water partition coefficient (Wildman–Crippen LogP) is 2.82. The van der Waals surface area contributed by atoms with E-state index in [2.05, 4.69) is 6.07 Å². The zero-order valence-corrected chi connectivity index (χ0v) is 21.6. The number of unbranched alkanes of at least 4 members (excludes halogenated alkanes) is 1. The summed E-state index contributed by atoms with van der Waals surface area (Å²) in [5.41, 5.74) is 8.54. The molecule has 4 rings (SSSR count). The number of hydroxylamine groups is 2. The number of nitrogens with two attached hydrogens (primary N) is 1. The third kappa shape index (κ3) is 6.06. The first-order valence-corrected chi connectivity index (χ1v) is 12.9. The molecule has 0 unspecified atom stereocenters. The Labute approximate surface area is 218 Å². The summed E-state index contributed by atoms with van der Waals surface area (Å²) >= 11 is 0. The molecule has 0 spiro atoms. The Kier molecular flexibility index (Phi) is 9.02. The molecule has 200 valence electrons. The number of nitrogens with zero attached hydrogens (tertiary/aromatic N) is 2. The molecule has 9 heteroatoms. The lowest BCUT2D eigenvalue weighted by molar-refractivity contribution is -0.187. The summed E-state index contributed by atoms with van der Waals surface area (Å²) in [5, 5.41) is 11.8. The maximum absolute atomic E-state index is 13.3. The highest BCUT2D eigenvalue weighted by Gasteiger charge is 2.47. The first-order chi connectivity index (χ1) is 18.0. The number of carbonyl (C=O) groups is 2. The maximum atomic E-state index is 13.3. The number of carboxylic acids is 1. The maximum Gasteiger partial charge on any atom is 0.308 e. The minimum atomic E-state index is -0.877. The van der Waals surface area contributed by atoms with Crippen molar-refractivity contribution in [3.8, 4) is 11.5 Å². The fraction of sp³-hybridized carbons (Fsp3) is 0.500. The van der Waals surface area contributed by atoms with Gasteiger partial charge in [-0.25, -0.2) is 5.06 Å². The Morgan fingerprint density at radius 3 is 2.78 bits per heavy atom. The first-order valence-electron chi connectivity index (χ1n) is 12.9. The fourth-order valence-electron chi connectivity index (χ4n) is 5.52. The van der Waals surface area contributed by atoms with Gasteiger partial charge in [0.05, 0.1) is 26.2 Å². The van der Waals surface area contributed by atoms with Gasteiger partial charge >= 0.3 is 5.97 Å². The van der Waals surface area contributed by atoms with Crippen LogP contribution in [0.4, 0.5) is 0 Å². The quantitative estimate of drug-likeness (QED) is 0.330. The predicted molar refractivity (Wildman–Crippen MR) is 138 cm³/mol. The summed E-state index contributed by atoms with van der Waals surface area (Å²) in [5.74, 6) is -0.537. The van der Waals surface area contributed by atoms with E-state index in [1.165, 1.54) is 5.06 Å². The van der Waals surface area contributed by atoms with Crippen molar-refractivity contribution in [2.75, 3.05) is 40.1 Å². The Morgan fingerprint density at radius 1 is 1.24 bits per heavy atom. The zero-order valence-electron chi connectivity index (χ0n) is 21.6. The van der Waals surface area contributed by atoms with E-state index in [4.69, 9.17) is 20.0 Å². The van der Waals surface area contributed by atoms with E-state index < -0.39 is 17.9 Å². The van der Waals surface area contributed by atoms with Crippen LogP contribution < -0.4 is 15.2 Å². The van der Waals surface area contributed by atoms with E-state index in [-0.39, 0.29) is 25.1 Å². The molecule has 2 aromatic carbocycles. The van der Waals surface area contributed by atoms with Crippen LogP contribution in [0.5, 0.6) is 11.5 Å². The average molecular weight is 512 g/mol. The molecule has 2 aromatic rings. The minimum Gasteiger partial charge on any atom is -0.496 e. The number of hydrogen-bond acceptors (Lipinski definition) is 7. The number of carboxylic acid groups (broad SMARTS) is 1. The minimum absolute atomic E-state index is 0.0395. The van der Waals surface area contributed by atoms with Gasteiger partial charge in [-0.1, -0.05) is 43.7 Å². The molecule has 2 heterocycles. The van der Waals surface area contributed by atoms with Crippen LogP contribution in [-0.4, -0.2) is 73.1 Å². The summed E-state index contributed by atoms with van der Waals surface area (Å²) < 4.78 is 11.2. The number of fused-ring (bicyclic) bond motifs is 1. The van der Waals surface area contributed by atoms with Gasteiger partial charge in [-0.05, 0) is 41.7 Å². The third-order valence-electron chi connectivity index (χ3n) is 7.36. The van der Waals surface area contributed by atoms with E-state index in [9.17, 15) is 14.7 Å². The average Bonchev–Trinajstić information content (AvgIpc) is 3.51. The summed E-state index contributed by atoms with van der Waals surface area (Å²) in [4.78, 5) is 33.5. The van der Waals surface area contributed by atoms with Gasteiger partial charge in [-0.15, -0.1) is 0 Å². The molecule has 3 atom stereocenters. The standard InChI is InChI=1S/C28H37N3O6/c1-3-4-12-31(37-18-29)26(32)17-30-16-22(19-9-10-25-21(14-19)11-13-36-25)27(28(33)34)23(30)15-20-7-5-6-8-24(20)35-2/h5-10,14,22-23,27H,3-4,11-13,15-18,29H2,1-2H3,(H,33,34)/t22-,23+,27-/m1/s1. The lowest BCUT2D eigenvalue weighted by Gasteiger charge is -2.29. The van der Waals surface area contributed by atoms with E-state index in [1.54, 1.807) is 7.11 Å². The third-order valence-corrected chi connectivity index (χ3v) is 7.36. The smallest absolute Gasteiger partial charge is 0.308 e. The van der Waals surface area contributed by atoms with Gasteiger partial charge < -0.3 is 20.3 Å². The number of para-hydroxylation sites is 1. The Balaban J connectivity index is 1.66. The lowest BCUT2D eigenvalue weighted by Crippen LogP contribution is -2.45. The molecule has 0 saturated carbocycles. The van der Waals surface area contributed by atoms with Gasteiger partial charge in [-0.3, -0.25) is 19.3 Å². The molecule has 1 saturated heterocycles. The number of hydrogen-bond donors (Lipinski definition) is 2. The van der Waals surface area contributed by atoms with Gasteiger partial charge in [0.25, 0.3) is 5.91 Å². The molecule has 1 amide bonds. The van der Waals surface area contributed by atoms with Crippen molar-refractivity contribution in [1.29, 1.82) is 0 Å². The van der Waals surface area contributed by atoms with Crippen LogP contribution in [0, 0.1) is 5.92 Å².